The minimum Gasteiger partial charge on any atom is -0.497 e. The number of ketones is 1. The topological polar surface area (TPSA) is 70.3 Å². The summed E-state index contributed by atoms with van der Waals surface area (Å²) in [5.41, 5.74) is 1.15. The van der Waals surface area contributed by atoms with E-state index in [4.69, 9.17) is 4.74 Å². The van der Waals surface area contributed by atoms with Gasteiger partial charge in [-0.3, -0.25) is 14.4 Å². The van der Waals surface area contributed by atoms with E-state index in [9.17, 15) is 14.4 Å². The molecule has 2 heterocycles. The van der Waals surface area contributed by atoms with Gasteiger partial charge in [0, 0.05) is 12.0 Å². The smallest absolute Gasteiger partial charge is 0.277 e. The fourth-order valence-corrected chi connectivity index (χ4v) is 4.79. The van der Waals surface area contributed by atoms with Crippen LogP contribution in [0.2, 0.25) is 0 Å². The summed E-state index contributed by atoms with van der Waals surface area (Å²) >= 11 is 0. The normalized spacial score (nSPS) is 19.7. The minimum absolute atomic E-state index is 0.0128. The average molecular weight is 402 g/mol. The maximum absolute atomic E-state index is 13.5. The second kappa shape index (κ2) is 6.29. The van der Waals surface area contributed by atoms with E-state index in [1.54, 1.807) is 43.5 Å². The Bertz CT molecular complexity index is 1360. The second-order valence-corrected chi connectivity index (χ2v) is 8.79. The van der Waals surface area contributed by atoms with E-state index in [2.05, 4.69) is 0 Å². The van der Waals surface area contributed by atoms with Crippen molar-refractivity contribution in [1.29, 1.82) is 0 Å². The number of fused-ring (bicyclic) bond motifs is 3. The number of Topliss-reactive ketones (excluding diaryl/α,β-unsaturated/α-hetero) is 1. The molecule has 152 valence electrons. The van der Waals surface area contributed by atoms with Gasteiger partial charge in [0.1, 0.15) is 11.8 Å². The number of carbonyl (C=O) groups excluding carboxylic acids is 1. The van der Waals surface area contributed by atoms with Crippen LogP contribution in [0.5, 0.6) is 5.75 Å². The molecule has 6 heteroatoms. The first-order valence-electron chi connectivity index (χ1n) is 9.99. The molecule has 3 aromatic rings. The first-order valence-corrected chi connectivity index (χ1v) is 9.99. The van der Waals surface area contributed by atoms with Crippen LogP contribution in [-0.2, 0) is 4.79 Å². The molecular weight excluding hydrogens is 380 g/mol. The zero-order valence-corrected chi connectivity index (χ0v) is 17.1. The summed E-state index contributed by atoms with van der Waals surface area (Å²) < 4.78 is 8.17. The first kappa shape index (κ1) is 18.6. The predicted molar refractivity (Wildman–Crippen MR) is 115 cm³/mol. The van der Waals surface area contributed by atoms with Crippen LogP contribution in [-0.4, -0.2) is 22.3 Å². The summed E-state index contributed by atoms with van der Waals surface area (Å²) in [6.07, 6.45) is 0.938. The van der Waals surface area contributed by atoms with Gasteiger partial charge < -0.3 is 4.74 Å². The van der Waals surface area contributed by atoms with Gasteiger partial charge in [-0.15, -0.1) is 0 Å². The Morgan fingerprint density at radius 3 is 2.17 bits per heavy atom. The molecule has 5 rings (SSSR count). The summed E-state index contributed by atoms with van der Waals surface area (Å²) in [5.74, 6) is 0.673. The minimum atomic E-state index is -0.626. The van der Waals surface area contributed by atoms with Crippen LogP contribution in [0.15, 0.2) is 63.7 Å². The highest BCUT2D eigenvalue weighted by atomic mass is 16.5. The number of hydrogen-bond acceptors (Lipinski definition) is 4. The Morgan fingerprint density at radius 2 is 1.53 bits per heavy atom. The lowest BCUT2D eigenvalue weighted by Gasteiger charge is -2.30. The number of ether oxygens (including phenoxy) is 1. The number of nitrogens with zero attached hydrogens (tertiary/aromatic N) is 2. The number of allylic oxidation sites excluding steroid dienone is 2. The van der Waals surface area contributed by atoms with Crippen LogP contribution >= 0.6 is 0 Å². The monoisotopic (exact) mass is 402 g/mol. The third kappa shape index (κ3) is 2.53. The number of hydrogen-bond donors (Lipinski definition) is 0. The zero-order valence-electron chi connectivity index (χ0n) is 17.1. The van der Waals surface area contributed by atoms with E-state index in [1.165, 1.54) is 9.36 Å². The molecular formula is C24H22N2O4. The van der Waals surface area contributed by atoms with Crippen LogP contribution in [0, 0.1) is 5.41 Å². The molecule has 1 atom stereocenters. The summed E-state index contributed by atoms with van der Waals surface area (Å²) in [6.45, 7) is 4.04. The van der Waals surface area contributed by atoms with Gasteiger partial charge >= 0.3 is 0 Å². The maximum Gasteiger partial charge on any atom is 0.277 e. The van der Waals surface area contributed by atoms with E-state index in [0.717, 1.165) is 5.56 Å². The Labute approximate surface area is 173 Å². The standard InChI is InChI=1S/C24H22N2O4/c1-24(2)12-18-20(19(27)13-24)21(14-8-10-15(30-3)11-9-14)26-23(29)17-7-5-4-6-16(17)22(28)25(18)26/h4-11,21H,12-13H2,1-3H3. The van der Waals surface area contributed by atoms with Crippen molar-refractivity contribution < 1.29 is 9.53 Å². The molecule has 0 amide bonds. The van der Waals surface area contributed by atoms with Crippen LogP contribution in [0.1, 0.15) is 38.3 Å². The SMILES string of the molecule is COc1ccc(C2C3=C(CC(C)(C)CC3=O)n3c(=O)c4ccccc4c(=O)n32)cc1. The molecule has 1 unspecified atom stereocenters. The quantitative estimate of drug-likeness (QED) is 0.659. The molecule has 0 spiro atoms. The van der Waals surface area contributed by atoms with E-state index >= 15 is 0 Å². The number of carbonyl (C=O) groups is 1. The van der Waals surface area contributed by atoms with E-state index in [0.29, 0.717) is 40.6 Å². The Hall–Kier alpha value is -3.41. The van der Waals surface area contributed by atoms with Gasteiger partial charge in [-0.25, -0.2) is 9.36 Å². The molecule has 30 heavy (non-hydrogen) atoms. The molecule has 1 aliphatic carbocycles. The van der Waals surface area contributed by atoms with Gasteiger partial charge in [-0.2, -0.15) is 0 Å². The molecule has 1 aliphatic heterocycles. The van der Waals surface area contributed by atoms with Crippen molar-refractivity contribution >= 4 is 22.3 Å². The van der Waals surface area contributed by atoms with Crippen LogP contribution in [0.25, 0.3) is 16.5 Å². The van der Waals surface area contributed by atoms with Crippen molar-refractivity contribution in [3.05, 3.63) is 80.4 Å². The van der Waals surface area contributed by atoms with Gasteiger partial charge in [-0.05, 0) is 41.7 Å². The van der Waals surface area contributed by atoms with Crippen LogP contribution in [0.4, 0.5) is 0 Å². The Kier molecular flexibility index (Phi) is 3.90. The van der Waals surface area contributed by atoms with E-state index in [1.807, 2.05) is 26.0 Å². The number of methoxy groups -OCH3 is 1. The lowest BCUT2D eigenvalue weighted by Crippen LogP contribution is -2.37. The highest BCUT2D eigenvalue weighted by Gasteiger charge is 2.44. The lowest BCUT2D eigenvalue weighted by molar-refractivity contribution is -0.118. The number of benzene rings is 2. The van der Waals surface area contributed by atoms with Crippen LogP contribution in [0.3, 0.4) is 0 Å². The summed E-state index contributed by atoms with van der Waals surface area (Å²) in [6, 6.07) is 13.5. The molecule has 0 N–H and O–H groups in total. The molecule has 0 saturated heterocycles. The van der Waals surface area contributed by atoms with Crippen molar-refractivity contribution in [2.75, 3.05) is 7.11 Å². The third-order valence-electron chi connectivity index (χ3n) is 6.11. The Morgan fingerprint density at radius 1 is 0.900 bits per heavy atom. The molecule has 6 nitrogen and oxygen atoms in total. The Balaban J connectivity index is 1.88. The maximum atomic E-state index is 13.5. The van der Waals surface area contributed by atoms with Gasteiger partial charge in [0.15, 0.2) is 5.78 Å². The highest BCUT2D eigenvalue weighted by Crippen LogP contribution is 2.46. The summed E-state index contributed by atoms with van der Waals surface area (Å²) in [7, 11) is 1.59. The first-order chi connectivity index (χ1) is 14.3. The molecule has 2 aromatic carbocycles. The summed E-state index contributed by atoms with van der Waals surface area (Å²) in [4.78, 5) is 40.3. The lowest BCUT2D eigenvalue weighted by atomic mass is 9.74. The van der Waals surface area contributed by atoms with Gasteiger partial charge in [0.05, 0.1) is 23.6 Å². The van der Waals surface area contributed by atoms with Crippen molar-refractivity contribution in [3.8, 4) is 5.75 Å². The van der Waals surface area contributed by atoms with Gasteiger partial charge in [-0.1, -0.05) is 38.1 Å². The van der Waals surface area contributed by atoms with Gasteiger partial charge in [0.2, 0.25) is 0 Å². The molecule has 0 saturated carbocycles. The fraction of sp³-hybridized carbons (Fsp3) is 0.292. The highest BCUT2D eigenvalue weighted by molar-refractivity contribution is 6.04. The average Bonchev–Trinajstić information content (AvgIpc) is 3.06. The van der Waals surface area contributed by atoms with Crippen molar-refractivity contribution in [2.24, 2.45) is 5.41 Å². The molecule has 0 fully saturated rings. The zero-order chi connectivity index (χ0) is 21.2. The van der Waals surface area contributed by atoms with E-state index in [-0.39, 0.29) is 22.3 Å². The third-order valence-corrected chi connectivity index (χ3v) is 6.11. The number of rotatable bonds is 2. The number of aromatic nitrogens is 2. The molecule has 0 radical (unpaired) electrons. The predicted octanol–water partition coefficient (Wildman–Crippen LogP) is 3.38. The largest absolute Gasteiger partial charge is 0.497 e. The van der Waals surface area contributed by atoms with Crippen molar-refractivity contribution in [2.45, 2.75) is 32.7 Å². The summed E-state index contributed by atoms with van der Waals surface area (Å²) in [5, 5.41) is 0.737. The van der Waals surface area contributed by atoms with Crippen molar-refractivity contribution in [3.63, 3.8) is 0 Å². The van der Waals surface area contributed by atoms with Crippen molar-refractivity contribution in [1.82, 2.24) is 9.36 Å². The van der Waals surface area contributed by atoms with Gasteiger partial charge in [0.25, 0.3) is 11.1 Å². The molecule has 1 aromatic heterocycles. The fourth-order valence-electron chi connectivity index (χ4n) is 4.79. The van der Waals surface area contributed by atoms with Crippen LogP contribution < -0.4 is 15.9 Å². The van der Waals surface area contributed by atoms with E-state index < -0.39 is 6.04 Å². The molecule has 0 bridgehead atoms. The molecule has 2 aliphatic rings. The second-order valence-electron chi connectivity index (χ2n) is 8.79.